The van der Waals surface area contributed by atoms with Crippen LogP contribution >= 0.6 is 0 Å². The van der Waals surface area contributed by atoms with Crippen LogP contribution in [0.3, 0.4) is 0 Å². The van der Waals surface area contributed by atoms with Crippen LogP contribution in [0.15, 0.2) is 0 Å². The maximum Gasteiger partial charge on any atom is 0.0608 e. The predicted octanol–water partition coefficient (Wildman–Crippen LogP) is 0.323. The van der Waals surface area contributed by atoms with Gasteiger partial charge in [0.15, 0.2) is 0 Å². The summed E-state index contributed by atoms with van der Waals surface area (Å²) < 4.78 is 0. The fourth-order valence-corrected chi connectivity index (χ4v) is 6.87. The van der Waals surface area contributed by atoms with Gasteiger partial charge in [0.05, 0.1) is 6.10 Å². The van der Waals surface area contributed by atoms with Crippen molar-refractivity contribution in [2.24, 2.45) is 47.3 Å². The average Bonchev–Trinajstić information content (AvgIpc) is 2.62. The zero-order valence-electron chi connectivity index (χ0n) is 8.43. The average molecular weight is 191 g/mol. The third kappa shape index (κ3) is 0.424. The second kappa shape index (κ2) is 1.80. The van der Waals surface area contributed by atoms with Crippen molar-refractivity contribution in [2.75, 3.05) is 7.05 Å². The summed E-state index contributed by atoms with van der Waals surface area (Å²) in [4.78, 5) is 0. The highest BCUT2D eigenvalue weighted by Crippen LogP contribution is 2.82. The van der Waals surface area contributed by atoms with Crippen molar-refractivity contribution in [2.45, 2.75) is 18.6 Å². The molecule has 0 saturated heterocycles. The minimum Gasteiger partial charge on any atom is -0.393 e. The minimum atomic E-state index is 0.0911. The molecule has 0 aromatic heterocycles. The number of aliphatic hydroxyl groups excluding tert-OH is 1. The van der Waals surface area contributed by atoms with E-state index < -0.39 is 0 Å². The summed E-state index contributed by atoms with van der Waals surface area (Å²) in [7, 11) is 2.13. The minimum absolute atomic E-state index is 0.0911. The first-order chi connectivity index (χ1) is 6.84. The Labute approximate surface area is 84.1 Å². The Morgan fingerprint density at radius 1 is 0.929 bits per heavy atom. The van der Waals surface area contributed by atoms with Crippen LogP contribution in [0.5, 0.6) is 0 Å². The molecule has 76 valence electrons. The van der Waals surface area contributed by atoms with Gasteiger partial charge in [-0.05, 0) is 60.8 Å². The summed E-state index contributed by atoms with van der Waals surface area (Å²) in [6.45, 7) is 0. The van der Waals surface area contributed by atoms with E-state index in [1.54, 1.807) is 0 Å². The van der Waals surface area contributed by atoms with Gasteiger partial charge < -0.3 is 10.4 Å². The van der Waals surface area contributed by atoms with Gasteiger partial charge in [0.25, 0.3) is 0 Å². The normalized spacial score (nSPS) is 80.1. The van der Waals surface area contributed by atoms with E-state index in [1.165, 1.54) is 6.42 Å². The van der Waals surface area contributed by atoms with Crippen molar-refractivity contribution >= 4 is 0 Å². The van der Waals surface area contributed by atoms with Crippen LogP contribution in [0.4, 0.5) is 0 Å². The lowest BCUT2D eigenvalue weighted by molar-refractivity contribution is -0.0636. The van der Waals surface area contributed by atoms with Gasteiger partial charge >= 0.3 is 0 Å². The first-order valence-electron chi connectivity index (χ1n) is 6.20. The van der Waals surface area contributed by atoms with Crippen LogP contribution in [0.1, 0.15) is 6.42 Å². The van der Waals surface area contributed by atoms with Gasteiger partial charge in [-0.2, -0.15) is 0 Å². The van der Waals surface area contributed by atoms with E-state index in [9.17, 15) is 5.11 Å². The molecule has 2 N–H and O–H groups in total. The summed E-state index contributed by atoms with van der Waals surface area (Å²) in [5.74, 6) is 7.04. The molecule has 14 heavy (non-hydrogen) atoms. The molecule has 10 unspecified atom stereocenters. The Kier molecular flexibility index (Phi) is 0.931. The van der Waals surface area contributed by atoms with Crippen LogP contribution < -0.4 is 5.32 Å². The molecule has 5 saturated carbocycles. The predicted molar refractivity (Wildman–Crippen MR) is 51.4 cm³/mol. The molecule has 2 heteroatoms. The molecule has 0 spiro atoms. The van der Waals surface area contributed by atoms with Crippen LogP contribution in [-0.2, 0) is 0 Å². The molecule has 0 amide bonds. The third-order valence-electron chi connectivity index (χ3n) is 6.70. The van der Waals surface area contributed by atoms with E-state index in [0.29, 0.717) is 11.8 Å². The summed E-state index contributed by atoms with van der Waals surface area (Å²) in [5, 5.41) is 13.8. The van der Waals surface area contributed by atoms with Gasteiger partial charge in [-0.25, -0.2) is 0 Å². The van der Waals surface area contributed by atoms with Crippen LogP contribution in [0.2, 0.25) is 0 Å². The fraction of sp³-hybridized carbons (Fsp3) is 1.00. The molecule has 5 fully saturated rings. The number of rotatable bonds is 1. The van der Waals surface area contributed by atoms with Gasteiger partial charge in [-0.3, -0.25) is 0 Å². The van der Waals surface area contributed by atoms with Crippen LogP contribution in [0.25, 0.3) is 0 Å². The number of hydrogen-bond acceptors (Lipinski definition) is 2. The van der Waals surface area contributed by atoms with Crippen molar-refractivity contribution < 1.29 is 5.11 Å². The molecule has 0 heterocycles. The van der Waals surface area contributed by atoms with Crippen molar-refractivity contribution in [3.05, 3.63) is 0 Å². The molecular weight excluding hydrogens is 174 g/mol. The number of nitrogens with one attached hydrogen (secondary N) is 1. The van der Waals surface area contributed by atoms with Gasteiger partial charge in [0.1, 0.15) is 0 Å². The molecular formula is C12H17NO. The Morgan fingerprint density at radius 3 is 2.43 bits per heavy atom. The number of aliphatic hydroxyl groups is 1. The van der Waals surface area contributed by atoms with Crippen molar-refractivity contribution in [1.82, 2.24) is 5.32 Å². The summed E-state index contributed by atoms with van der Waals surface area (Å²) in [5.41, 5.74) is 0. The van der Waals surface area contributed by atoms with Crippen molar-refractivity contribution in [3.8, 4) is 0 Å². The molecule has 0 radical (unpaired) electrons. The van der Waals surface area contributed by atoms with E-state index >= 15 is 0 Å². The summed E-state index contributed by atoms with van der Waals surface area (Å²) >= 11 is 0. The zero-order chi connectivity index (χ0) is 9.19. The first-order valence-corrected chi connectivity index (χ1v) is 6.20. The summed E-state index contributed by atoms with van der Waals surface area (Å²) in [6.07, 6.45) is 1.56. The SMILES string of the molecule is CNC1C2C3CC4C2C(O)C2C4C3C12. The lowest BCUT2D eigenvalue weighted by Gasteiger charge is -2.49. The van der Waals surface area contributed by atoms with Gasteiger partial charge in [-0.1, -0.05) is 0 Å². The van der Waals surface area contributed by atoms with Gasteiger partial charge in [0, 0.05) is 6.04 Å². The van der Waals surface area contributed by atoms with Crippen molar-refractivity contribution in [1.29, 1.82) is 0 Å². The van der Waals surface area contributed by atoms with E-state index in [0.717, 1.165) is 41.5 Å². The molecule has 0 aliphatic heterocycles. The largest absolute Gasteiger partial charge is 0.393 e. The first kappa shape index (κ1) is 7.24. The number of fused-ring (bicyclic) bond motifs is 2. The highest BCUT2D eigenvalue weighted by atomic mass is 16.3. The molecule has 10 atom stereocenters. The van der Waals surface area contributed by atoms with Gasteiger partial charge in [0.2, 0.25) is 0 Å². The quantitative estimate of drug-likeness (QED) is 0.626. The van der Waals surface area contributed by atoms with E-state index in [4.69, 9.17) is 0 Å². The highest BCUT2D eigenvalue weighted by Gasteiger charge is 2.83. The maximum absolute atomic E-state index is 10.3. The van der Waals surface area contributed by atoms with E-state index in [2.05, 4.69) is 12.4 Å². The second-order valence-electron chi connectivity index (χ2n) is 6.33. The second-order valence-corrected chi connectivity index (χ2v) is 6.33. The Morgan fingerprint density at radius 2 is 1.64 bits per heavy atom. The maximum atomic E-state index is 10.3. The van der Waals surface area contributed by atoms with Gasteiger partial charge in [-0.15, -0.1) is 0 Å². The lowest BCUT2D eigenvalue weighted by Crippen LogP contribution is -2.55. The Hall–Kier alpha value is -0.0800. The summed E-state index contributed by atoms with van der Waals surface area (Å²) in [6, 6.07) is 0.771. The monoisotopic (exact) mass is 191 g/mol. The van der Waals surface area contributed by atoms with E-state index in [-0.39, 0.29) is 6.10 Å². The fourth-order valence-electron chi connectivity index (χ4n) is 6.87. The van der Waals surface area contributed by atoms with E-state index in [1.807, 2.05) is 0 Å². The zero-order valence-corrected chi connectivity index (χ0v) is 8.43. The lowest BCUT2D eigenvalue weighted by atomic mass is 9.58. The molecule has 5 rings (SSSR count). The van der Waals surface area contributed by atoms with Crippen LogP contribution in [0, 0.1) is 47.3 Å². The smallest absolute Gasteiger partial charge is 0.0608 e. The topological polar surface area (TPSA) is 32.3 Å². The standard InChI is InChI=1S/C12H17NO/c1-13-11-7-3-2-4-6-5(3)9(11)10(6)12(14)8(4)7/h3-14H,2H2,1H3. The molecule has 0 aromatic carbocycles. The Bertz CT molecular complexity index is 328. The van der Waals surface area contributed by atoms with Crippen LogP contribution in [-0.4, -0.2) is 24.3 Å². The molecule has 5 aliphatic rings. The molecule has 0 aromatic rings. The Balaban J connectivity index is 1.75. The van der Waals surface area contributed by atoms with Crippen molar-refractivity contribution in [3.63, 3.8) is 0 Å². The molecule has 2 bridgehead atoms. The molecule has 2 nitrogen and oxygen atoms in total. The molecule has 5 aliphatic carbocycles. The highest BCUT2D eigenvalue weighted by molar-refractivity contribution is 5.31. The number of hydrogen-bond donors (Lipinski definition) is 2. The third-order valence-corrected chi connectivity index (χ3v) is 6.70.